The van der Waals surface area contributed by atoms with Crippen molar-refractivity contribution in [3.8, 4) is 11.3 Å². The normalized spacial score (nSPS) is 10.8. The van der Waals surface area contributed by atoms with E-state index in [0.717, 1.165) is 11.1 Å². The third-order valence-corrected chi connectivity index (χ3v) is 2.83. The van der Waals surface area contributed by atoms with Crippen LogP contribution in [0.5, 0.6) is 0 Å². The molecule has 0 aliphatic rings. The molecule has 0 fully saturated rings. The van der Waals surface area contributed by atoms with E-state index in [9.17, 15) is 0 Å². The number of benzene rings is 1. The predicted octanol–water partition coefficient (Wildman–Crippen LogP) is 2.55. The lowest BCUT2D eigenvalue weighted by Gasteiger charge is -2.11. The number of hydrogen-bond acceptors (Lipinski definition) is 4. The van der Waals surface area contributed by atoms with Gasteiger partial charge in [-0.25, -0.2) is 4.98 Å². The van der Waals surface area contributed by atoms with Gasteiger partial charge in [0.05, 0.1) is 0 Å². The zero-order valence-corrected chi connectivity index (χ0v) is 10.3. The highest BCUT2D eigenvalue weighted by molar-refractivity contribution is 5.72. The fourth-order valence-corrected chi connectivity index (χ4v) is 1.73. The summed E-state index contributed by atoms with van der Waals surface area (Å²) in [7, 11) is 0. The summed E-state index contributed by atoms with van der Waals surface area (Å²) in [4.78, 5) is 3.98. The van der Waals surface area contributed by atoms with Crippen molar-refractivity contribution in [3.63, 3.8) is 0 Å². The quantitative estimate of drug-likeness (QED) is 0.857. The Morgan fingerprint density at radius 3 is 2.65 bits per heavy atom. The Kier molecular flexibility index (Phi) is 3.04. The van der Waals surface area contributed by atoms with Crippen LogP contribution in [0.15, 0.2) is 24.5 Å². The van der Waals surface area contributed by atoms with E-state index in [2.05, 4.69) is 47.2 Å². The maximum atomic E-state index is 5.83. The van der Waals surface area contributed by atoms with Crippen LogP contribution in [0, 0.1) is 6.92 Å². The Morgan fingerprint density at radius 2 is 2.00 bits per heavy atom. The lowest BCUT2D eigenvalue weighted by molar-refractivity contribution is 0.865. The highest BCUT2D eigenvalue weighted by atomic mass is 15.1. The van der Waals surface area contributed by atoms with Crippen molar-refractivity contribution in [1.29, 1.82) is 0 Å². The average Bonchev–Trinajstić information content (AvgIpc) is 2.30. The van der Waals surface area contributed by atoms with Gasteiger partial charge < -0.3 is 5.73 Å². The molecule has 1 heterocycles. The summed E-state index contributed by atoms with van der Waals surface area (Å²) in [5.74, 6) is 0.893. The first-order valence-electron chi connectivity index (χ1n) is 5.63. The molecule has 2 N–H and O–H groups in total. The molecule has 1 aromatic carbocycles. The zero-order chi connectivity index (χ0) is 12.4. The predicted molar refractivity (Wildman–Crippen MR) is 68.5 cm³/mol. The Bertz CT molecular complexity index is 535. The molecule has 2 rings (SSSR count). The lowest BCUT2D eigenvalue weighted by atomic mass is 9.96. The van der Waals surface area contributed by atoms with Crippen LogP contribution in [0.1, 0.15) is 30.9 Å². The number of nitrogen functional groups attached to an aromatic ring is 1. The minimum atomic E-state index is 0.420. The van der Waals surface area contributed by atoms with Crippen LogP contribution in [0.3, 0.4) is 0 Å². The molecule has 0 radical (unpaired) electrons. The molecule has 4 heteroatoms. The van der Waals surface area contributed by atoms with Gasteiger partial charge in [0.2, 0.25) is 0 Å². The Hall–Kier alpha value is -1.97. The van der Waals surface area contributed by atoms with Crippen LogP contribution in [-0.2, 0) is 0 Å². The van der Waals surface area contributed by atoms with E-state index in [-0.39, 0.29) is 0 Å². The average molecular weight is 228 g/mol. The molecular weight excluding hydrogens is 212 g/mol. The van der Waals surface area contributed by atoms with Gasteiger partial charge >= 0.3 is 0 Å². The van der Waals surface area contributed by atoms with Gasteiger partial charge in [-0.1, -0.05) is 26.0 Å². The van der Waals surface area contributed by atoms with E-state index in [4.69, 9.17) is 5.73 Å². The molecule has 0 amide bonds. The number of rotatable bonds is 2. The van der Waals surface area contributed by atoms with Gasteiger partial charge in [-0.3, -0.25) is 0 Å². The van der Waals surface area contributed by atoms with E-state index in [0.29, 0.717) is 17.4 Å². The maximum absolute atomic E-state index is 5.83. The van der Waals surface area contributed by atoms with Crippen molar-refractivity contribution in [2.75, 3.05) is 5.73 Å². The first-order valence-corrected chi connectivity index (χ1v) is 5.63. The van der Waals surface area contributed by atoms with Crippen LogP contribution in [0.2, 0.25) is 0 Å². The monoisotopic (exact) mass is 228 g/mol. The Labute approximate surface area is 101 Å². The molecule has 2 aromatic rings. The first kappa shape index (κ1) is 11.5. The van der Waals surface area contributed by atoms with Crippen molar-refractivity contribution in [2.45, 2.75) is 26.7 Å². The summed E-state index contributed by atoms with van der Waals surface area (Å²) in [5.41, 5.74) is 9.89. The van der Waals surface area contributed by atoms with Crippen molar-refractivity contribution in [3.05, 3.63) is 35.7 Å². The standard InChI is InChI=1S/C13H16N4/c1-8(2)10-5-4-9(3)11(6-10)12-13(14)15-7-16-17-12/h4-8H,1-3H3,(H2,14,15,16). The smallest absolute Gasteiger partial charge is 0.153 e. The van der Waals surface area contributed by atoms with Crippen LogP contribution in [0.25, 0.3) is 11.3 Å². The van der Waals surface area contributed by atoms with Crippen molar-refractivity contribution in [2.24, 2.45) is 0 Å². The molecule has 0 aliphatic heterocycles. The third-order valence-electron chi connectivity index (χ3n) is 2.83. The summed E-state index contributed by atoms with van der Waals surface area (Å²) in [6.45, 7) is 6.35. The highest BCUT2D eigenvalue weighted by Gasteiger charge is 2.10. The SMILES string of the molecule is Cc1ccc(C(C)C)cc1-c1nncnc1N. The van der Waals surface area contributed by atoms with E-state index < -0.39 is 0 Å². The fourth-order valence-electron chi connectivity index (χ4n) is 1.73. The van der Waals surface area contributed by atoms with Crippen molar-refractivity contribution < 1.29 is 0 Å². The minimum Gasteiger partial charge on any atom is -0.382 e. The number of anilines is 1. The van der Waals surface area contributed by atoms with E-state index in [1.807, 2.05) is 6.92 Å². The first-order chi connectivity index (χ1) is 8.09. The number of nitrogens with zero attached hydrogens (tertiary/aromatic N) is 3. The molecule has 0 spiro atoms. The molecule has 88 valence electrons. The molecule has 0 aliphatic carbocycles. The molecule has 0 saturated heterocycles. The summed E-state index contributed by atoms with van der Waals surface area (Å²) in [6.07, 6.45) is 1.36. The minimum absolute atomic E-state index is 0.420. The summed E-state index contributed by atoms with van der Waals surface area (Å²) >= 11 is 0. The summed E-state index contributed by atoms with van der Waals surface area (Å²) in [6, 6.07) is 6.32. The zero-order valence-electron chi connectivity index (χ0n) is 10.3. The van der Waals surface area contributed by atoms with Crippen LogP contribution in [-0.4, -0.2) is 15.2 Å². The van der Waals surface area contributed by atoms with Crippen LogP contribution >= 0.6 is 0 Å². The maximum Gasteiger partial charge on any atom is 0.153 e. The van der Waals surface area contributed by atoms with Crippen molar-refractivity contribution in [1.82, 2.24) is 15.2 Å². The Morgan fingerprint density at radius 1 is 1.24 bits per heavy atom. The third kappa shape index (κ3) is 2.25. The highest BCUT2D eigenvalue weighted by Crippen LogP contribution is 2.28. The van der Waals surface area contributed by atoms with E-state index in [1.54, 1.807) is 0 Å². The number of aromatic nitrogens is 3. The van der Waals surface area contributed by atoms with Gasteiger partial charge in [-0.2, -0.15) is 0 Å². The second-order valence-electron chi connectivity index (χ2n) is 4.42. The lowest BCUT2D eigenvalue weighted by Crippen LogP contribution is -2.00. The Balaban J connectivity index is 2.59. The van der Waals surface area contributed by atoms with Gasteiger partial charge in [0.25, 0.3) is 0 Å². The largest absolute Gasteiger partial charge is 0.382 e. The van der Waals surface area contributed by atoms with Crippen LogP contribution < -0.4 is 5.73 Å². The van der Waals surface area contributed by atoms with Gasteiger partial charge in [-0.05, 0) is 30.0 Å². The van der Waals surface area contributed by atoms with Crippen LogP contribution in [0.4, 0.5) is 5.82 Å². The number of hydrogen-bond donors (Lipinski definition) is 1. The number of nitrogens with two attached hydrogens (primary N) is 1. The topological polar surface area (TPSA) is 64.7 Å². The van der Waals surface area contributed by atoms with E-state index in [1.165, 1.54) is 11.9 Å². The second-order valence-corrected chi connectivity index (χ2v) is 4.42. The van der Waals surface area contributed by atoms with Gasteiger partial charge in [0.15, 0.2) is 5.82 Å². The van der Waals surface area contributed by atoms with Crippen molar-refractivity contribution >= 4 is 5.82 Å². The molecular formula is C13H16N4. The molecule has 0 unspecified atom stereocenters. The fraction of sp³-hybridized carbons (Fsp3) is 0.308. The molecule has 4 nitrogen and oxygen atoms in total. The second kappa shape index (κ2) is 4.49. The molecule has 0 saturated carbocycles. The van der Waals surface area contributed by atoms with Gasteiger partial charge in [-0.15, -0.1) is 10.2 Å². The van der Waals surface area contributed by atoms with E-state index >= 15 is 0 Å². The van der Waals surface area contributed by atoms with Gasteiger partial charge in [0.1, 0.15) is 12.0 Å². The molecule has 0 bridgehead atoms. The summed E-state index contributed by atoms with van der Waals surface area (Å²) < 4.78 is 0. The van der Waals surface area contributed by atoms with Gasteiger partial charge in [0, 0.05) is 5.56 Å². The number of aryl methyl sites for hydroxylation is 1. The summed E-state index contributed by atoms with van der Waals surface area (Å²) in [5, 5.41) is 7.87. The molecule has 0 atom stereocenters. The molecule has 17 heavy (non-hydrogen) atoms. The molecule has 1 aromatic heterocycles.